The lowest BCUT2D eigenvalue weighted by atomic mass is 9.89. The number of aryl methyl sites for hydroxylation is 1. The van der Waals surface area contributed by atoms with E-state index in [-0.39, 0.29) is 18.2 Å². The largest absolute Gasteiger partial charge is 0.496 e. The number of carbonyl (C=O) groups excluding carboxylic acids is 2. The van der Waals surface area contributed by atoms with E-state index in [1.807, 2.05) is 30.0 Å². The topological polar surface area (TPSA) is 61.9 Å². The predicted molar refractivity (Wildman–Crippen MR) is 125 cm³/mol. The molecule has 170 valence electrons. The average Bonchev–Trinajstić information content (AvgIpc) is 2.82. The van der Waals surface area contributed by atoms with E-state index in [1.54, 1.807) is 7.11 Å². The molecule has 2 saturated heterocycles. The van der Waals surface area contributed by atoms with Crippen LogP contribution in [0.3, 0.4) is 0 Å². The van der Waals surface area contributed by atoms with Crippen molar-refractivity contribution in [3.05, 3.63) is 65.2 Å². The zero-order valence-electron chi connectivity index (χ0n) is 19.0. The lowest BCUT2D eigenvalue weighted by Gasteiger charge is -2.37. The lowest BCUT2D eigenvalue weighted by Crippen LogP contribution is -2.56. The molecule has 0 aliphatic carbocycles. The Labute approximate surface area is 190 Å². The standard InChI is InChI=1S/C26H33N3O3/c1-19-16-20(8-9-24(19)32-2)18-29-15-12-27-26(31)23(29)17-25(30)28-13-10-22(11-14-28)21-6-4-3-5-7-21/h3-9,16,22-23H,10-15,17-18H2,1-2H3,(H,27,31)/t23-/m0/s1. The van der Waals surface area contributed by atoms with Gasteiger partial charge in [0.25, 0.3) is 0 Å². The Balaban J connectivity index is 1.37. The Bertz CT molecular complexity index is 939. The van der Waals surface area contributed by atoms with Gasteiger partial charge in [-0.25, -0.2) is 0 Å². The minimum Gasteiger partial charge on any atom is -0.496 e. The second kappa shape index (κ2) is 10.2. The van der Waals surface area contributed by atoms with Crippen LogP contribution in [0.5, 0.6) is 5.75 Å². The van der Waals surface area contributed by atoms with Crippen molar-refractivity contribution < 1.29 is 14.3 Å². The highest BCUT2D eigenvalue weighted by Gasteiger charge is 2.34. The number of benzene rings is 2. The van der Waals surface area contributed by atoms with E-state index in [9.17, 15) is 9.59 Å². The van der Waals surface area contributed by atoms with E-state index in [1.165, 1.54) is 5.56 Å². The van der Waals surface area contributed by atoms with E-state index in [0.29, 0.717) is 19.0 Å². The molecule has 1 N–H and O–H groups in total. The molecule has 6 nitrogen and oxygen atoms in total. The summed E-state index contributed by atoms with van der Waals surface area (Å²) in [6.45, 7) is 5.53. The number of piperidine rings is 1. The lowest BCUT2D eigenvalue weighted by molar-refractivity contribution is -0.139. The summed E-state index contributed by atoms with van der Waals surface area (Å²) in [5.41, 5.74) is 3.55. The number of amides is 2. The van der Waals surface area contributed by atoms with E-state index >= 15 is 0 Å². The first-order chi connectivity index (χ1) is 15.5. The Morgan fingerprint density at radius 1 is 1.09 bits per heavy atom. The van der Waals surface area contributed by atoms with Gasteiger partial charge in [0.15, 0.2) is 0 Å². The normalized spacial score (nSPS) is 20.1. The molecule has 6 heteroatoms. The second-order valence-electron chi connectivity index (χ2n) is 8.85. The van der Waals surface area contributed by atoms with Crippen LogP contribution < -0.4 is 10.1 Å². The molecule has 0 aromatic heterocycles. The highest BCUT2D eigenvalue weighted by molar-refractivity contribution is 5.88. The Morgan fingerprint density at radius 3 is 2.53 bits per heavy atom. The number of nitrogens with one attached hydrogen (secondary N) is 1. The van der Waals surface area contributed by atoms with Crippen molar-refractivity contribution in [2.45, 2.75) is 44.7 Å². The smallest absolute Gasteiger partial charge is 0.237 e. The molecule has 2 fully saturated rings. The fourth-order valence-corrected chi connectivity index (χ4v) is 4.93. The highest BCUT2D eigenvalue weighted by atomic mass is 16.5. The summed E-state index contributed by atoms with van der Waals surface area (Å²) < 4.78 is 5.36. The van der Waals surface area contributed by atoms with Crippen LogP contribution in [0.4, 0.5) is 0 Å². The van der Waals surface area contributed by atoms with Crippen LogP contribution in [0.2, 0.25) is 0 Å². The molecule has 2 aliphatic rings. The first-order valence-electron chi connectivity index (χ1n) is 11.5. The maximum atomic E-state index is 13.1. The third-order valence-electron chi connectivity index (χ3n) is 6.77. The monoisotopic (exact) mass is 435 g/mol. The Hall–Kier alpha value is -2.86. The van der Waals surface area contributed by atoms with E-state index in [2.05, 4.69) is 40.5 Å². The van der Waals surface area contributed by atoms with E-state index in [4.69, 9.17) is 4.74 Å². The molecular formula is C26H33N3O3. The van der Waals surface area contributed by atoms with Crippen molar-refractivity contribution in [1.29, 1.82) is 0 Å². The molecule has 4 rings (SSSR count). The summed E-state index contributed by atoms with van der Waals surface area (Å²) in [5, 5.41) is 2.94. The van der Waals surface area contributed by atoms with Gasteiger partial charge in [-0.2, -0.15) is 0 Å². The number of ether oxygens (including phenoxy) is 1. The molecule has 2 aromatic carbocycles. The Morgan fingerprint density at radius 2 is 1.84 bits per heavy atom. The number of hydrogen-bond acceptors (Lipinski definition) is 4. The first kappa shape index (κ1) is 22.3. The summed E-state index contributed by atoms with van der Waals surface area (Å²) in [6.07, 6.45) is 2.18. The number of rotatable bonds is 6. The molecule has 32 heavy (non-hydrogen) atoms. The molecule has 0 spiro atoms. The molecule has 0 saturated carbocycles. The molecule has 2 aliphatic heterocycles. The third-order valence-corrected chi connectivity index (χ3v) is 6.77. The van der Waals surface area contributed by atoms with Gasteiger partial charge < -0.3 is 15.0 Å². The van der Waals surface area contributed by atoms with Crippen LogP contribution in [0.15, 0.2) is 48.5 Å². The number of methoxy groups -OCH3 is 1. The Kier molecular flexibility index (Phi) is 7.10. The van der Waals surface area contributed by atoms with Crippen molar-refractivity contribution in [3.8, 4) is 5.75 Å². The van der Waals surface area contributed by atoms with E-state index < -0.39 is 6.04 Å². The molecule has 0 radical (unpaired) electrons. The van der Waals surface area contributed by atoms with Crippen LogP contribution in [0.1, 0.15) is 41.9 Å². The van der Waals surface area contributed by atoms with Crippen molar-refractivity contribution in [1.82, 2.24) is 15.1 Å². The third kappa shape index (κ3) is 5.13. The quantitative estimate of drug-likeness (QED) is 0.758. The minimum absolute atomic E-state index is 0.0472. The molecular weight excluding hydrogens is 402 g/mol. The van der Waals surface area contributed by atoms with Crippen molar-refractivity contribution in [2.24, 2.45) is 0 Å². The summed E-state index contributed by atoms with van der Waals surface area (Å²) in [5.74, 6) is 1.40. The average molecular weight is 436 g/mol. The summed E-state index contributed by atoms with van der Waals surface area (Å²) in [7, 11) is 1.67. The first-order valence-corrected chi connectivity index (χ1v) is 11.5. The number of carbonyl (C=O) groups is 2. The maximum absolute atomic E-state index is 13.1. The van der Waals surface area contributed by atoms with E-state index in [0.717, 1.165) is 49.4 Å². The van der Waals surface area contributed by atoms with Gasteiger partial charge in [0.05, 0.1) is 19.6 Å². The number of likely N-dealkylation sites (tertiary alicyclic amines) is 1. The summed E-state index contributed by atoms with van der Waals surface area (Å²) in [4.78, 5) is 29.8. The van der Waals surface area contributed by atoms with Gasteiger partial charge in [-0.3, -0.25) is 14.5 Å². The fraction of sp³-hybridized carbons (Fsp3) is 0.462. The molecule has 0 bridgehead atoms. The molecule has 0 unspecified atom stereocenters. The van der Waals surface area contributed by atoms with Crippen molar-refractivity contribution >= 4 is 11.8 Å². The van der Waals surface area contributed by atoms with Crippen LogP contribution in [0, 0.1) is 6.92 Å². The summed E-state index contributed by atoms with van der Waals surface area (Å²) >= 11 is 0. The van der Waals surface area contributed by atoms with Crippen LogP contribution in [0.25, 0.3) is 0 Å². The predicted octanol–water partition coefficient (Wildman–Crippen LogP) is 3.10. The van der Waals surface area contributed by atoms with Gasteiger partial charge in [-0.15, -0.1) is 0 Å². The highest BCUT2D eigenvalue weighted by Crippen LogP contribution is 2.28. The summed E-state index contributed by atoms with van der Waals surface area (Å²) in [6, 6.07) is 16.2. The maximum Gasteiger partial charge on any atom is 0.237 e. The van der Waals surface area contributed by atoms with Crippen LogP contribution in [-0.4, -0.2) is 60.9 Å². The van der Waals surface area contributed by atoms with Gasteiger partial charge in [-0.1, -0.05) is 42.5 Å². The number of hydrogen-bond donors (Lipinski definition) is 1. The van der Waals surface area contributed by atoms with Gasteiger partial charge in [0.2, 0.25) is 11.8 Å². The molecule has 1 atom stereocenters. The van der Waals surface area contributed by atoms with Crippen molar-refractivity contribution in [2.75, 3.05) is 33.3 Å². The van der Waals surface area contributed by atoms with Gasteiger partial charge in [0.1, 0.15) is 5.75 Å². The molecule has 2 aromatic rings. The minimum atomic E-state index is -0.425. The van der Waals surface area contributed by atoms with Crippen LogP contribution >= 0.6 is 0 Å². The zero-order valence-corrected chi connectivity index (χ0v) is 19.0. The molecule has 2 heterocycles. The van der Waals surface area contributed by atoms with Gasteiger partial charge >= 0.3 is 0 Å². The van der Waals surface area contributed by atoms with Crippen molar-refractivity contribution in [3.63, 3.8) is 0 Å². The molecule has 2 amide bonds. The fourth-order valence-electron chi connectivity index (χ4n) is 4.93. The van der Waals surface area contributed by atoms with Crippen LogP contribution in [-0.2, 0) is 16.1 Å². The van der Waals surface area contributed by atoms with Gasteiger partial charge in [-0.05, 0) is 48.4 Å². The van der Waals surface area contributed by atoms with Gasteiger partial charge in [0, 0.05) is 32.7 Å². The number of piperazine rings is 1. The number of nitrogens with zero attached hydrogens (tertiary/aromatic N) is 2. The second-order valence-corrected chi connectivity index (χ2v) is 8.85. The SMILES string of the molecule is COc1ccc(CN2CCNC(=O)[C@@H]2CC(=O)N2CCC(c3ccccc3)CC2)cc1C. The zero-order chi connectivity index (χ0) is 22.5.